The van der Waals surface area contributed by atoms with Crippen LogP contribution in [0.2, 0.25) is 0 Å². The molecule has 1 aromatic heterocycles. The van der Waals surface area contributed by atoms with Gasteiger partial charge < -0.3 is 16.0 Å². The van der Waals surface area contributed by atoms with Crippen molar-refractivity contribution in [2.24, 2.45) is 5.73 Å². The minimum Gasteiger partial charge on any atom is -0.357 e. The van der Waals surface area contributed by atoms with E-state index in [-0.39, 0.29) is 30.7 Å². The fourth-order valence-electron chi connectivity index (χ4n) is 2.21. The van der Waals surface area contributed by atoms with Gasteiger partial charge in [-0.25, -0.2) is 4.98 Å². The number of hydrogen-bond donors (Lipinski definition) is 2. The minimum atomic E-state index is 0. The molecule has 1 aromatic rings. The van der Waals surface area contributed by atoms with Crippen LogP contribution < -0.4 is 16.0 Å². The van der Waals surface area contributed by atoms with E-state index in [0.717, 1.165) is 30.9 Å². The number of aromatic nitrogens is 1. The van der Waals surface area contributed by atoms with E-state index in [1.807, 2.05) is 18.3 Å². The molecule has 0 aromatic carbocycles. The molecule has 0 atom stereocenters. The topological polar surface area (TPSA) is 71.2 Å². The lowest BCUT2D eigenvalue weighted by molar-refractivity contribution is -0.121. The van der Waals surface area contributed by atoms with Gasteiger partial charge in [-0.1, -0.05) is 6.07 Å². The van der Waals surface area contributed by atoms with Gasteiger partial charge in [0.25, 0.3) is 0 Å². The number of anilines is 1. The van der Waals surface area contributed by atoms with Gasteiger partial charge in [0.15, 0.2) is 0 Å². The number of nitrogens with one attached hydrogen (secondary N) is 1. The summed E-state index contributed by atoms with van der Waals surface area (Å²) in [5.74, 6) is 1.09. The van der Waals surface area contributed by atoms with Crippen molar-refractivity contribution in [1.29, 1.82) is 0 Å². The quantitative estimate of drug-likeness (QED) is 0.833. The second-order valence-corrected chi connectivity index (χ2v) is 4.89. The van der Waals surface area contributed by atoms with Crippen LogP contribution in [0.4, 0.5) is 5.82 Å². The van der Waals surface area contributed by atoms with Gasteiger partial charge in [-0.05, 0) is 37.4 Å². The molecule has 0 radical (unpaired) electrons. The largest absolute Gasteiger partial charge is 0.357 e. The average Bonchev–Trinajstić information content (AvgIpc) is 2.97. The highest BCUT2D eigenvalue weighted by atomic mass is 35.5. The third-order valence-electron chi connectivity index (χ3n) is 3.34. The maximum Gasteiger partial charge on any atom is 0.220 e. The molecule has 1 aliphatic heterocycles. The van der Waals surface area contributed by atoms with Gasteiger partial charge in [-0.3, -0.25) is 4.79 Å². The zero-order valence-electron chi connectivity index (χ0n) is 12.1. The predicted octanol–water partition coefficient (Wildman–Crippen LogP) is 1.88. The normalized spacial score (nSPS) is 13.3. The van der Waals surface area contributed by atoms with E-state index >= 15 is 0 Å². The number of carbonyl (C=O) groups excluding carboxylic acids is 1. The first-order chi connectivity index (χ1) is 9.29. The lowest BCUT2D eigenvalue weighted by Crippen LogP contribution is -2.23. The Balaban J connectivity index is 0.00000200. The van der Waals surface area contributed by atoms with Crippen molar-refractivity contribution in [3.05, 3.63) is 23.9 Å². The maximum absolute atomic E-state index is 11.5. The summed E-state index contributed by atoms with van der Waals surface area (Å²) in [6.45, 7) is 3.29. The fourth-order valence-corrected chi connectivity index (χ4v) is 2.21. The van der Waals surface area contributed by atoms with Gasteiger partial charge in [-0.15, -0.1) is 24.8 Å². The van der Waals surface area contributed by atoms with Gasteiger partial charge in [-0.2, -0.15) is 0 Å². The van der Waals surface area contributed by atoms with Crippen LogP contribution in [0, 0.1) is 0 Å². The summed E-state index contributed by atoms with van der Waals surface area (Å²) in [6, 6.07) is 4.07. The minimum absolute atomic E-state index is 0. The molecule has 0 aliphatic carbocycles. The van der Waals surface area contributed by atoms with Crippen LogP contribution in [-0.2, 0) is 11.3 Å². The molecule has 1 amide bonds. The van der Waals surface area contributed by atoms with Gasteiger partial charge in [0, 0.05) is 32.3 Å². The Bertz CT molecular complexity index is 408. The lowest BCUT2D eigenvalue weighted by atomic mass is 10.2. The summed E-state index contributed by atoms with van der Waals surface area (Å²) in [7, 11) is 0. The first-order valence-electron chi connectivity index (χ1n) is 6.96. The second-order valence-electron chi connectivity index (χ2n) is 4.89. The summed E-state index contributed by atoms with van der Waals surface area (Å²) < 4.78 is 0. The molecule has 1 saturated heterocycles. The molecule has 0 spiro atoms. The van der Waals surface area contributed by atoms with E-state index in [0.29, 0.717) is 19.5 Å². The van der Waals surface area contributed by atoms with Gasteiger partial charge in [0.1, 0.15) is 5.82 Å². The summed E-state index contributed by atoms with van der Waals surface area (Å²) in [5, 5.41) is 2.87. The first kappa shape index (κ1) is 20.0. The monoisotopic (exact) mass is 334 g/mol. The molecular weight excluding hydrogens is 311 g/mol. The molecule has 1 fully saturated rings. The third-order valence-corrected chi connectivity index (χ3v) is 3.34. The molecule has 0 unspecified atom stereocenters. The van der Waals surface area contributed by atoms with E-state index in [4.69, 9.17) is 5.73 Å². The highest BCUT2D eigenvalue weighted by molar-refractivity contribution is 5.85. The lowest BCUT2D eigenvalue weighted by Gasteiger charge is -2.16. The highest BCUT2D eigenvalue weighted by Crippen LogP contribution is 2.17. The van der Waals surface area contributed by atoms with Crippen molar-refractivity contribution in [3.8, 4) is 0 Å². The van der Waals surface area contributed by atoms with Crippen LogP contribution in [0.25, 0.3) is 0 Å². The molecule has 120 valence electrons. The molecule has 0 saturated carbocycles. The number of rotatable bonds is 6. The van der Waals surface area contributed by atoms with Crippen molar-refractivity contribution in [2.75, 3.05) is 24.5 Å². The number of nitrogens with two attached hydrogens (primary N) is 1. The molecule has 3 N–H and O–H groups in total. The predicted molar refractivity (Wildman–Crippen MR) is 90.3 cm³/mol. The maximum atomic E-state index is 11.5. The zero-order chi connectivity index (χ0) is 13.5. The number of amides is 1. The Morgan fingerprint density at radius 2 is 2.00 bits per heavy atom. The zero-order valence-corrected chi connectivity index (χ0v) is 13.7. The Kier molecular flexibility index (Phi) is 10.1. The van der Waals surface area contributed by atoms with Crippen molar-refractivity contribution >= 4 is 36.5 Å². The molecule has 5 nitrogen and oxygen atoms in total. The van der Waals surface area contributed by atoms with Crippen LogP contribution in [0.1, 0.15) is 31.2 Å². The molecule has 2 heterocycles. The second kappa shape index (κ2) is 10.7. The first-order valence-corrected chi connectivity index (χ1v) is 6.96. The number of hydrogen-bond acceptors (Lipinski definition) is 4. The number of nitrogens with zero attached hydrogens (tertiary/aromatic N) is 2. The van der Waals surface area contributed by atoms with E-state index in [1.54, 1.807) is 0 Å². The van der Waals surface area contributed by atoms with E-state index in [2.05, 4.69) is 15.2 Å². The highest BCUT2D eigenvalue weighted by Gasteiger charge is 2.12. The Labute approximate surface area is 138 Å². The summed E-state index contributed by atoms with van der Waals surface area (Å²) in [5.41, 5.74) is 6.40. The number of pyridine rings is 1. The fraction of sp³-hybridized carbons (Fsp3) is 0.571. The SMILES string of the molecule is Cl.Cl.NCCCC(=O)NCc1ccc(N2CCCC2)nc1. The molecule has 0 bridgehead atoms. The molecular formula is C14H24Cl2N4O. The summed E-state index contributed by atoms with van der Waals surface area (Å²) in [4.78, 5) is 18.2. The van der Waals surface area contributed by atoms with Crippen LogP contribution in [-0.4, -0.2) is 30.5 Å². The van der Waals surface area contributed by atoms with Crippen molar-refractivity contribution < 1.29 is 4.79 Å². The van der Waals surface area contributed by atoms with Crippen molar-refractivity contribution in [1.82, 2.24) is 10.3 Å². The number of carbonyl (C=O) groups is 1. The van der Waals surface area contributed by atoms with Crippen molar-refractivity contribution in [3.63, 3.8) is 0 Å². The number of halogens is 2. The molecule has 21 heavy (non-hydrogen) atoms. The van der Waals surface area contributed by atoms with Crippen LogP contribution >= 0.6 is 24.8 Å². The average molecular weight is 335 g/mol. The van der Waals surface area contributed by atoms with E-state index in [9.17, 15) is 4.79 Å². The van der Waals surface area contributed by atoms with Crippen molar-refractivity contribution in [2.45, 2.75) is 32.2 Å². The molecule has 2 rings (SSSR count). The van der Waals surface area contributed by atoms with Gasteiger partial charge >= 0.3 is 0 Å². The smallest absolute Gasteiger partial charge is 0.220 e. The van der Waals surface area contributed by atoms with Gasteiger partial charge in [0.2, 0.25) is 5.91 Å². The van der Waals surface area contributed by atoms with Crippen LogP contribution in [0.5, 0.6) is 0 Å². The third kappa shape index (κ3) is 6.50. The molecule has 7 heteroatoms. The Hall–Kier alpha value is -1.04. The van der Waals surface area contributed by atoms with Crippen LogP contribution in [0.15, 0.2) is 18.3 Å². The Morgan fingerprint density at radius 1 is 1.29 bits per heavy atom. The van der Waals surface area contributed by atoms with Crippen LogP contribution in [0.3, 0.4) is 0 Å². The Morgan fingerprint density at radius 3 is 2.57 bits per heavy atom. The standard InChI is InChI=1S/C14H22N4O.2ClH/c15-7-3-4-14(19)17-11-12-5-6-13(16-10-12)18-8-1-2-9-18;;/h5-6,10H,1-4,7-9,11,15H2,(H,17,19);2*1H. The summed E-state index contributed by atoms with van der Waals surface area (Å²) >= 11 is 0. The van der Waals surface area contributed by atoms with E-state index in [1.165, 1.54) is 12.8 Å². The summed E-state index contributed by atoms with van der Waals surface area (Å²) in [6.07, 6.45) is 5.58. The van der Waals surface area contributed by atoms with Gasteiger partial charge in [0.05, 0.1) is 0 Å². The molecule has 1 aliphatic rings. The van der Waals surface area contributed by atoms with E-state index < -0.39 is 0 Å².